The molecule has 0 bridgehead atoms. The van der Waals surface area contributed by atoms with Crippen LogP contribution in [0.15, 0.2) is 79.4 Å². The number of rotatable bonds is 6. The first-order valence-electron chi connectivity index (χ1n) is 13.8. The number of hydrogen-bond acceptors (Lipinski definition) is 10. The molecule has 2 aliphatic rings. The van der Waals surface area contributed by atoms with Crippen LogP contribution >= 0.6 is 11.3 Å². The summed E-state index contributed by atoms with van der Waals surface area (Å²) in [6.45, 7) is 2.27. The van der Waals surface area contributed by atoms with Gasteiger partial charge in [0.2, 0.25) is 11.8 Å². The van der Waals surface area contributed by atoms with Gasteiger partial charge in [-0.1, -0.05) is 47.7 Å². The number of aromatic nitrogens is 3. The Bertz CT molecular complexity index is 1630. The molecule has 2 fully saturated rings. The zero-order valence-electron chi connectivity index (χ0n) is 23.3. The smallest absolute Gasteiger partial charge is 0.231 e. The molecule has 0 unspecified atom stereocenters. The molecule has 3 aromatic heterocycles. The van der Waals surface area contributed by atoms with E-state index in [2.05, 4.69) is 38.0 Å². The van der Waals surface area contributed by atoms with Crippen molar-refractivity contribution in [1.82, 2.24) is 24.8 Å². The van der Waals surface area contributed by atoms with Gasteiger partial charge >= 0.3 is 0 Å². The molecule has 6 rings (SSSR count). The van der Waals surface area contributed by atoms with Crippen LogP contribution in [0.25, 0.3) is 21.6 Å². The standard InChI is InChI=1S/C17H16N4O.C14H13N5OS/c18-12-21-9-7-15(11-21)17(22)20-16-10-14(6-8-19-16)13-4-2-1-3-5-13;15-9-19-5-3-11(8-19)13(20)18-14-17-7-12(21-14)10-2-1-4-16-6-10/h1-6,8,10,15H,7,9,11H2,(H,19,20,22);1-2,4,6-7,11H,3,5,8H2,(H,17,18,20)/t15-;11-/m00/s1. The van der Waals surface area contributed by atoms with Crippen LogP contribution in [0.1, 0.15) is 12.8 Å². The summed E-state index contributed by atoms with van der Waals surface area (Å²) in [5.41, 5.74) is 3.07. The maximum Gasteiger partial charge on any atom is 0.231 e. The average Bonchev–Trinajstić information content (AvgIpc) is 3.84. The largest absolute Gasteiger partial charge is 0.310 e. The van der Waals surface area contributed by atoms with Crippen molar-refractivity contribution in [2.45, 2.75) is 12.8 Å². The fourth-order valence-corrected chi connectivity index (χ4v) is 5.66. The molecule has 4 aromatic rings. The van der Waals surface area contributed by atoms with Crippen LogP contribution in [0.2, 0.25) is 0 Å². The van der Waals surface area contributed by atoms with Crippen LogP contribution in [0.5, 0.6) is 0 Å². The molecule has 2 saturated heterocycles. The van der Waals surface area contributed by atoms with E-state index < -0.39 is 0 Å². The predicted octanol–water partition coefficient (Wildman–Crippen LogP) is 4.44. The van der Waals surface area contributed by atoms with Gasteiger partial charge in [-0.15, -0.1) is 0 Å². The molecule has 12 heteroatoms. The topological polar surface area (TPSA) is 151 Å². The first-order chi connectivity index (χ1) is 21.0. The number of nitriles is 2. The Hall–Kier alpha value is -5.33. The summed E-state index contributed by atoms with van der Waals surface area (Å²) < 4.78 is 0. The maximum absolute atomic E-state index is 12.2. The van der Waals surface area contributed by atoms with Crippen LogP contribution in [0.3, 0.4) is 0 Å². The number of hydrogen-bond donors (Lipinski definition) is 2. The van der Waals surface area contributed by atoms with Crippen molar-refractivity contribution in [2.75, 3.05) is 36.8 Å². The number of amides is 2. The van der Waals surface area contributed by atoms with Crippen LogP contribution in [-0.4, -0.2) is 62.7 Å². The Kier molecular flexibility index (Phi) is 9.52. The predicted molar refractivity (Wildman–Crippen MR) is 163 cm³/mol. The van der Waals surface area contributed by atoms with E-state index in [9.17, 15) is 9.59 Å². The number of nitrogens with zero attached hydrogens (tertiary/aromatic N) is 7. The third-order valence-corrected chi connectivity index (χ3v) is 8.16. The van der Waals surface area contributed by atoms with E-state index in [1.165, 1.54) is 11.3 Å². The van der Waals surface area contributed by atoms with Gasteiger partial charge in [0.25, 0.3) is 0 Å². The number of carbonyl (C=O) groups is 2. The molecule has 5 heterocycles. The number of benzene rings is 1. The van der Waals surface area contributed by atoms with E-state index in [0.717, 1.165) is 21.6 Å². The fraction of sp³-hybridized carbons (Fsp3) is 0.258. The number of pyridine rings is 2. The van der Waals surface area contributed by atoms with Crippen molar-refractivity contribution in [3.8, 4) is 34.0 Å². The molecule has 11 nitrogen and oxygen atoms in total. The van der Waals surface area contributed by atoms with Crippen LogP contribution < -0.4 is 10.6 Å². The number of anilines is 2. The number of nitrogens with one attached hydrogen (secondary N) is 2. The summed E-state index contributed by atoms with van der Waals surface area (Å²) >= 11 is 1.42. The van der Waals surface area contributed by atoms with Gasteiger partial charge in [0.05, 0.1) is 16.7 Å². The Morgan fingerprint density at radius 2 is 1.47 bits per heavy atom. The zero-order chi connectivity index (χ0) is 30.0. The Balaban J connectivity index is 0.000000171. The van der Waals surface area contributed by atoms with Crippen molar-refractivity contribution < 1.29 is 9.59 Å². The second-order valence-corrected chi connectivity index (χ2v) is 11.1. The summed E-state index contributed by atoms with van der Waals surface area (Å²) in [7, 11) is 0. The quantitative estimate of drug-likeness (QED) is 0.310. The number of likely N-dealkylation sites (tertiary alicyclic amines) is 2. The van der Waals surface area contributed by atoms with E-state index in [4.69, 9.17) is 10.5 Å². The van der Waals surface area contributed by atoms with E-state index in [1.807, 2.05) is 54.6 Å². The first kappa shape index (κ1) is 29.2. The van der Waals surface area contributed by atoms with Crippen molar-refractivity contribution >= 4 is 34.1 Å². The maximum atomic E-state index is 12.2. The van der Waals surface area contributed by atoms with Crippen LogP contribution in [0, 0.1) is 34.7 Å². The molecule has 43 heavy (non-hydrogen) atoms. The van der Waals surface area contributed by atoms with Crippen molar-refractivity contribution in [3.05, 3.63) is 79.4 Å². The fourth-order valence-electron chi connectivity index (χ4n) is 4.85. The number of carbonyl (C=O) groups excluding carboxylic acids is 2. The highest BCUT2D eigenvalue weighted by Crippen LogP contribution is 2.29. The van der Waals surface area contributed by atoms with Gasteiger partial charge < -0.3 is 20.4 Å². The SMILES string of the molecule is N#CN1CC[C@H](C(=O)Nc2cc(-c3ccccc3)ccn2)C1.N#CN1CC[C@H](C(=O)Nc2ncc(-c3cccnc3)s2)C1. The van der Waals surface area contributed by atoms with Gasteiger partial charge in [0.1, 0.15) is 5.82 Å². The molecule has 2 amide bonds. The summed E-state index contributed by atoms with van der Waals surface area (Å²) in [6, 6.07) is 17.5. The monoisotopic (exact) mass is 591 g/mol. The molecule has 1 aromatic carbocycles. The zero-order valence-corrected chi connectivity index (χ0v) is 24.1. The second kappa shape index (κ2) is 14.0. The molecular weight excluding hydrogens is 562 g/mol. The first-order valence-corrected chi connectivity index (χ1v) is 14.6. The summed E-state index contributed by atoms with van der Waals surface area (Å²) in [6.07, 6.45) is 12.5. The third-order valence-electron chi connectivity index (χ3n) is 7.20. The Labute approximate surface area is 253 Å². The lowest BCUT2D eigenvalue weighted by Gasteiger charge is -2.11. The highest BCUT2D eigenvalue weighted by Gasteiger charge is 2.29. The molecule has 216 valence electrons. The normalized spacial score (nSPS) is 17.3. The molecule has 2 aliphatic heterocycles. The highest BCUT2D eigenvalue weighted by molar-refractivity contribution is 7.19. The van der Waals surface area contributed by atoms with Gasteiger partial charge in [0, 0.05) is 56.5 Å². The van der Waals surface area contributed by atoms with Gasteiger partial charge in [-0.25, -0.2) is 9.97 Å². The van der Waals surface area contributed by atoms with Crippen molar-refractivity contribution in [2.24, 2.45) is 11.8 Å². The Morgan fingerprint density at radius 1 is 0.791 bits per heavy atom. The molecule has 2 N–H and O–H groups in total. The van der Waals surface area contributed by atoms with Gasteiger partial charge in [-0.05, 0) is 42.2 Å². The minimum atomic E-state index is -0.151. The molecule has 0 aliphatic carbocycles. The average molecular weight is 592 g/mol. The van der Waals surface area contributed by atoms with E-state index in [-0.39, 0.29) is 23.7 Å². The van der Waals surface area contributed by atoms with Gasteiger partial charge in [0.15, 0.2) is 17.5 Å². The molecule has 0 spiro atoms. The summed E-state index contributed by atoms with van der Waals surface area (Å²) in [5.74, 6) is 0.106. The summed E-state index contributed by atoms with van der Waals surface area (Å²) in [4.78, 5) is 41.0. The lowest BCUT2D eigenvalue weighted by atomic mass is 10.1. The second-order valence-electron chi connectivity index (χ2n) is 10.1. The molecule has 0 saturated carbocycles. The van der Waals surface area contributed by atoms with E-state index in [1.54, 1.807) is 34.6 Å². The molecular formula is C31H29N9O2S. The van der Waals surface area contributed by atoms with Crippen molar-refractivity contribution in [1.29, 1.82) is 10.5 Å². The molecule has 2 atom stereocenters. The minimum Gasteiger partial charge on any atom is -0.310 e. The number of thiazole rings is 1. The van der Waals surface area contributed by atoms with E-state index in [0.29, 0.717) is 50.0 Å². The van der Waals surface area contributed by atoms with Crippen molar-refractivity contribution in [3.63, 3.8) is 0 Å². The lowest BCUT2D eigenvalue weighted by molar-refractivity contribution is -0.120. The lowest BCUT2D eigenvalue weighted by Crippen LogP contribution is -2.25. The minimum absolute atomic E-state index is 0.0696. The Morgan fingerprint density at radius 3 is 2.09 bits per heavy atom. The highest BCUT2D eigenvalue weighted by atomic mass is 32.1. The van der Waals surface area contributed by atoms with Gasteiger partial charge in [-0.3, -0.25) is 14.6 Å². The van der Waals surface area contributed by atoms with Crippen LogP contribution in [0.4, 0.5) is 10.9 Å². The van der Waals surface area contributed by atoms with Gasteiger partial charge in [-0.2, -0.15) is 10.5 Å². The third kappa shape index (κ3) is 7.70. The summed E-state index contributed by atoms with van der Waals surface area (Å²) in [5, 5.41) is 23.9. The van der Waals surface area contributed by atoms with Crippen LogP contribution in [-0.2, 0) is 9.59 Å². The van der Waals surface area contributed by atoms with E-state index >= 15 is 0 Å². The molecule has 0 radical (unpaired) electrons.